The van der Waals surface area contributed by atoms with E-state index in [9.17, 15) is 0 Å². The lowest BCUT2D eigenvalue weighted by Crippen LogP contribution is -1.99. The molecule has 0 aliphatic carbocycles. The van der Waals surface area contributed by atoms with Gasteiger partial charge in [-0.15, -0.1) is 0 Å². The van der Waals surface area contributed by atoms with Gasteiger partial charge in [-0.05, 0) is 60.7 Å². The third-order valence-corrected chi connectivity index (χ3v) is 9.80. The number of rotatable bonds is 2. The van der Waals surface area contributed by atoms with Crippen LogP contribution in [0.1, 0.15) is 0 Å². The van der Waals surface area contributed by atoms with Crippen molar-refractivity contribution >= 4 is 82.1 Å². The summed E-state index contributed by atoms with van der Waals surface area (Å²) in [7, 11) is 0. The molecular formula is C42H25N5. The van der Waals surface area contributed by atoms with Gasteiger partial charge >= 0.3 is 0 Å². The van der Waals surface area contributed by atoms with Crippen LogP contribution in [0, 0.1) is 0 Å². The maximum Gasteiger partial charge on any atom is 0.149 e. The van der Waals surface area contributed by atoms with Crippen molar-refractivity contribution in [2.45, 2.75) is 0 Å². The maximum absolute atomic E-state index is 5.40. The molecule has 5 heteroatoms. The van der Waals surface area contributed by atoms with Gasteiger partial charge in [-0.2, -0.15) is 0 Å². The first-order valence-electron chi connectivity index (χ1n) is 16.0. The van der Waals surface area contributed by atoms with E-state index in [4.69, 9.17) is 9.97 Å². The molecule has 5 heterocycles. The highest BCUT2D eigenvalue weighted by Crippen LogP contribution is 2.49. The van der Waals surface area contributed by atoms with Crippen molar-refractivity contribution in [3.63, 3.8) is 0 Å². The van der Waals surface area contributed by atoms with Crippen LogP contribution in [0.5, 0.6) is 0 Å². The molecule has 0 saturated heterocycles. The molecule has 0 radical (unpaired) electrons. The Morgan fingerprint density at radius 3 is 1.60 bits per heavy atom. The van der Waals surface area contributed by atoms with Crippen LogP contribution in [0.25, 0.3) is 93.5 Å². The molecule has 0 bridgehead atoms. The highest BCUT2D eigenvalue weighted by atomic mass is 15.1. The zero-order valence-corrected chi connectivity index (χ0v) is 25.2. The van der Waals surface area contributed by atoms with Gasteiger partial charge in [-0.3, -0.25) is 4.40 Å². The summed E-state index contributed by atoms with van der Waals surface area (Å²) >= 11 is 0. The average Bonchev–Trinajstić information content (AvgIpc) is 3.80. The van der Waals surface area contributed by atoms with Gasteiger partial charge in [0, 0.05) is 49.9 Å². The predicted molar refractivity (Wildman–Crippen MR) is 194 cm³/mol. The molecule has 11 rings (SSSR count). The second-order valence-electron chi connectivity index (χ2n) is 12.2. The second kappa shape index (κ2) is 9.05. The van der Waals surface area contributed by atoms with Gasteiger partial charge in [0.1, 0.15) is 11.3 Å². The lowest BCUT2D eigenvalue weighted by atomic mass is 9.97. The Balaban J connectivity index is 1.59. The van der Waals surface area contributed by atoms with Crippen LogP contribution < -0.4 is 0 Å². The molecule has 47 heavy (non-hydrogen) atoms. The molecule has 0 N–H and O–H groups in total. The van der Waals surface area contributed by atoms with Gasteiger partial charge in [0.15, 0.2) is 0 Å². The Morgan fingerprint density at radius 1 is 0.383 bits per heavy atom. The van der Waals surface area contributed by atoms with Gasteiger partial charge in [-0.25, -0.2) is 9.97 Å². The van der Waals surface area contributed by atoms with Crippen molar-refractivity contribution in [2.75, 3.05) is 0 Å². The normalized spacial score (nSPS) is 12.3. The van der Waals surface area contributed by atoms with Gasteiger partial charge in [-0.1, -0.05) is 84.9 Å². The monoisotopic (exact) mass is 599 g/mol. The number of imidazole rings is 1. The smallest absolute Gasteiger partial charge is 0.149 e. The van der Waals surface area contributed by atoms with Crippen molar-refractivity contribution in [2.24, 2.45) is 0 Å². The highest BCUT2D eigenvalue weighted by molar-refractivity contribution is 6.42. The fourth-order valence-electron chi connectivity index (χ4n) is 8.05. The maximum atomic E-state index is 5.40. The zero-order valence-electron chi connectivity index (χ0n) is 25.2. The first-order valence-corrected chi connectivity index (χ1v) is 16.0. The molecule has 0 aliphatic rings. The minimum Gasteiger partial charge on any atom is -0.309 e. The molecule has 5 nitrogen and oxygen atoms in total. The lowest BCUT2D eigenvalue weighted by molar-refractivity contribution is 1.18. The van der Waals surface area contributed by atoms with Crippen molar-refractivity contribution < 1.29 is 0 Å². The molecule has 0 saturated carbocycles. The topological polar surface area (TPSA) is 40.1 Å². The van der Waals surface area contributed by atoms with Gasteiger partial charge in [0.05, 0.1) is 38.5 Å². The summed E-state index contributed by atoms with van der Waals surface area (Å²) in [6, 6.07) is 51.8. The number of pyridine rings is 2. The minimum absolute atomic E-state index is 0.906. The van der Waals surface area contributed by atoms with Gasteiger partial charge < -0.3 is 9.13 Å². The number of aromatic nitrogens is 5. The van der Waals surface area contributed by atoms with E-state index < -0.39 is 0 Å². The molecule has 0 spiro atoms. The number of para-hydroxylation sites is 6. The fourth-order valence-corrected chi connectivity index (χ4v) is 8.05. The van der Waals surface area contributed by atoms with Crippen LogP contribution >= 0.6 is 0 Å². The van der Waals surface area contributed by atoms with Crippen molar-refractivity contribution in [3.05, 3.63) is 152 Å². The predicted octanol–water partition coefficient (Wildman–Crippen LogP) is 10.4. The summed E-state index contributed by atoms with van der Waals surface area (Å²) in [4.78, 5) is 10.4. The number of benzene rings is 6. The Morgan fingerprint density at radius 2 is 0.915 bits per heavy atom. The van der Waals surface area contributed by atoms with Crippen LogP contribution in [-0.2, 0) is 0 Å². The molecule has 6 aromatic carbocycles. The Kier molecular flexibility index (Phi) is 4.78. The molecule has 218 valence electrons. The van der Waals surface area contributed by atoms with E-state index >= 15 is 0 Å². The van der Waals surface area contributed by atoms with E-state index in [0.717, 1.165) is 55.5 Å². The quantitative estimate of drug-likeness (QED) is 0.186. The molecular weight excluding hydrogens is 574 g/mol. The largest absolute Gasteiger partial charge is 0.309 e. The van der Waals surface area contributed by atoms with E-state index in [1.807, 2.05) is 6.20 Å². The summed E-state index contributed by atoms with van der Waals surface area (Å²) in [5.41, 5.74) is 10.7. The lowest BCUT2D eigenvalue weighted by Gasteiger charge is -2.15. The Bertz CT molecular complexity index is 3060. The summed E-state index contributed by atoms with van der Waals surface area (Å²) < 4.78 is 7.17. The first-order chi connectivity index (χ1) is 23.4. The van der Waals surface area contributed by atoms with Crippen LogP contribution in [0.15, 0.2) is 152 Å². The summed E-state index contributed by atoms with van der Waals surface area (Å²) in [6.45, 7) is 0. The van der Waals surface area contributed by atoms with Crippen LogP contribution in [-0.4, -0.2) is 23.5 Å². The zero-order chi connectivity index (χ0) is 30.6. The van der Waals surface area contributed by atoms with Crippen molar-refractivity contribution in [1.29, 1.82) is 0 Å². The summed E-state index contributed by atoms with van der Waals surface area (Å²) in [5, 5.41) is 8.24. The van der Waals surface area contributed by atoms with E-state index in [0.29, 0.717) is 0 Å². The molecule has 0 aliphatic heterocycles. The fraction of sp³-hybridized carbons (Fsp3) is 0. The van der Waals surface area contributed by atoms with Crippen molar-refractivity contribution in [3.8, 4) is 11.4 Å². The van der Waals surface area contributed by atoms with Gasteiger partial charge in [0.25, 0.3) is 0 Å². The van der Waals surface area contributed by atoms with E-state index in [1.54, 1.807) is 0 Å². The SMILES string of the molecule is c1ccc(-n2c3ccccc3c3c4c5cccnc5n5c6ccccc6nc5c4c4c(c5ccccc5n4-c4ccccc4)c32)cc1. The molecule has 5 aromatic heterocycles. The number of hydrogen-bond donors (Lipinski definition) is 0. The number of fused-ring (bicyclic) bond motifs is 17. The molecule has 11 aromatic rings. The van der Waals surface area contributed by atoms with E-state index in [2.05, 4.69) is 159 Å². The second-order valence-corrected chi connectivity index (χ2v) is 12.2. The Hall–Kier alpha value is -6.46. The highest BCUT2D eigenvalue weighted by Gasteiger charge is 2.28. The molecule has 0 atom stereocenters. The Labute approximate surface area is 268 Å². The molecule has 0 unspecified atom stereocenters. The summed E-state index contributed by atoms with van der Waals surface area (Å²) in [5.74, 6) is 0. The van der Waals surface area contributed by atoms with Crippen molar-refractivity contribution in [1.82, 2.24) is 23.5 Å². The van der Waals surface area contributed by atoms with E-state index in [-0.39, 0.29) is 0 Å². The van der Waals surface area contributed by atoms with E-state index in [1.165, 1.54) is 38.0 Å². The van der Waals surface area contributed by atoms with Crippen LogP contribution in [0.2, 0.25) is 0 Å². The third kappa shape index (κ3) is 3.12. The third-order valence-electron chi connectivity index (χ3n) is 9.80. The number of nitrogens with zero attached hydrogens (tertiary/aromatic N) is 5. The minimum atomic E-state index is 0.906. The average molecular weight is 600 g/mol. The first kappa shape index (κ1) is 24.8. The van der Waals surface area contributed by atoms with Gasteiger partial charge in [0.2, 0.25) is 0 Å². The number of hydrogen-bond acceptors (Lipinski definition) is 2. The summed E-state index contributed by atoms with van der Waals surface area (Å²) in [6.07, 6.45) is 1.90. The van der Waals surface area contributed by atoms with Crippen LogP contribution in [0.3, 0.4) is 0 Å². The molecule has 0 fully saturated rings. The molecule has 0 amide bonds. The van der Waals surface area contributed by atoms with Crippen LogP contribution in [0.4, 0.5) is 0 Å². The standard InChI is InChI=1S/C42H25N5/c1-3-14-26(15-4-1)45-32-22-10-7-18-28(32)36-35-30-20-13-25-43-41(30)47-34-24-12-9-21-31(34)44-42(47)38(35)40-37(39(36)45)29-19-8-11-23-33(29)46(40)27-16-5-2-6-17-27/h1-25H.